The van der Waals surface area contributed by atoms with Crippen LogP contribution in [0.5, 0.6) is 0 Å². The maximum atomic E-state index is 8.72. The van der Waals surface area contributed by atoms with Crippen LogP contribution in [0.25, 0.3) is 0 Å². The molecule has 0 aliphatic rings. The topological polar surface area (TPSA) is 40.5 Å². The van der Waals surface area contributed by atoms with Crippen molar-refractivity contribution < 1.29 is 29.7 Å². The Bertz CT molecular complexity index is 86.8. The molecule has 2 unspecified atom stereocenters. The Hall–Kier alpha value is 0.543. The Balaban J connectivity index is -0.0000000480. The Morgan fingerprint density at radius 2 is 0.824 bits per heavy atom. The molecule has 0 fully saturated rings. The van der Waals surface area contributed by atoms with Gasteiger partial charge in [-0.05, 0) is 38.5 Å². The van der Waals surface area contributed by atoms with E-state index in [9.17, 15) is 0 Å². The van der Waals surface area contributed by atoms with E-state index in [0.29, 0.717) is 11.8 Å². The molecule has 0 heterocycles. The molecule has 0 saturated heterocycles. The summed E-state index contributed by atoms with van der Waals surface area (Å²) in [7, 11) is 0. The standard InChI is InChI=1S/2C6H14O.2CH3.Ru/c2*1-5(2)4-6(3)7;;;/h2*5-7H,4H2,1-3H3;2*1H3;/q;;2*-1;+2. The third-order valence-corrected chi connectivity index (χ3v) is 1.63. The van der Waals surface area contributed by atoms with E-state index in [1.54, 1.807) is 0 Å². The van der Waals surface area contributed by atoms with Crippen LogP contribution in [0, 0.1) is 26.7 Å². The third kappa shape index (κ3) is 47.9. The minimum atomic E-state index is -0.125. The van der Waals surface area contributed by atoms with E-state index in [4.69, 9.17) is 10.2 Å². The molecule has 0 rings (SSSR count). The van der Waals surface area contributed by atoms with Gasteiger partial charge in [-0.15, -0.1) is 0 Å². The van der Waals surface area contributed by atoms with Gasteiger partial charge in [-0.1, -0.05) is 27.7 Å². The maximum absolute atomic E-state index is 8.72. The van der Waals surface area contributed by atoms with Crippen LogP contribution >= 0.6 is 0 Å². The van der Waals surface area contributed by atoms with Gasteiger partial charge in [0.15, 0.2) is 0 Å². The second-order valence-electron chi connectivity index (χ2n) is 4.96. The van der Waals surface area contributed by atoms with E-state index in [1.165, 1.54) is 0 Å². The zero-order valence-corrected chi connectivity index (χ0v) is 14.7. The molecule has 0 bridgehead atoms. The molecule has 110 valence electrons. The molecule has 0 aliphatic heterocycles. The molecule has 2 N–H and O–H groups in total. The van der Waals surface area contributed by atoms with Crippen LogP contribution in [0.1, 0.15) is 54.4 Å². The van der Waals surface area contributed by atoms with E-state index in [-0.39, 0.29) is 46.5 Å². The summed E-state index contributed by atoms with van der Waals surface area (Å²) < 4.78 is 0. The van der Waals surface area contributed by atoms with Crippen molar-refractivity contribution in [2.24, 2.45) is 11.8 Å². The van der Waals surface area contributed by atoms with Crippen molar-refractivity contribution in [3.63, 3.8) is 0 Å². The second kappa shape index (κ2) is 18.9. The molecule has 0 radical (unpaired) electrons. The van der Waals surface area contributed by atoms with Crippen LogP contribution in [-0.2, 0) is 19.5 Å². The van der Waals surface area contributed by atoms with Crippen molar-refractivity contribution in [3.8, 4) is 0 Å². The molecule has 2 atom stereocenters. The van der Waals surface area contributed by atoms with E-state index in [1.807, 2.05) is 13.8 Å². The normalized spacial score (nSPS) is 12.4. The summed E-state index contributed by atoms with van der Waals surface area (Å²) in [6.45, 7) is 12.1. The molecule has 17 heavy (non-hydrogen) atoms. The van der Waals surface area contributed by atoms with Gasteiger partial charge in [0.05, 0.1) is 12.2 Å². The van der Waals surface area contributed by atoms with Crippen molar-refractivity contribution in [2.45, 2.75) is 66.6 Å². The smallest absolute Gasteiger partial charge is 0.393 e. The largest absolute Gasteiger partial charge is 2.00 e. The van der Waals surface area contributed by atoms with Crippen LogP contribution in [-0.4, -0.2) is 22.4 Å². The predicted octanol–water partition coefficient (Wildman–Crippen LogP) is 3.72. The fraction of sp³-hybridized carbons (Fsp3) is 0.857. The van der Waals surface area contributed by atoms with Crippen molar-refractivity contribution >= 4 is 0 Å². The minimum Gasteiger partial charge on any atom is -0.393 e. The quantitative estimate of drug-likeness (QED) is 0.607. The zero-order valence-electron chi connectivity index (χ0n) is 13.0. The first-order valence-corrected chi connectivity index (χ1v) is 5.61. The summed E-state index contributed by atoms with van der Waals surface area (Å²) in [6.07, 6.45) is 1.58. The number of aliphatic hydroxyl groups is 2. The first kappa shape index (κ1) is 30.5. The average Bonchev–Trinajstić information content (AvgIpc) is 1.79. The summed E-state index contributed by atoms with van der Waals surface area (Å²) in [6, 6.07) is 0. The first-order chi connectivity index (χ1) is 6.25. The molecule has 0 spiro atoms. The van der Waals surface area contributed by atoms with Crippen LogP contribution in [0.2, 0.25) is 0 Å². The SMILES string of the molecule is CC(C)CC(C)O.CC(C)CC(C)O.[CH3-].[CH3-].[Ru+2]. The molecule has 0 aliphatic carbocycles. The summed E-state index contributed by atoms with van der Waals surface area (Å²) in [5, 5.41) is 17.4. The van der Waals surface area contributed by atoms with Gasteiger partial charge in [-0.2, -0.15) is 0 Å². The number of rotatable bonds is 4. The molecular weight excluding hydrogens is 301 g/mol. The molecule has 0 aromatic carbocycles. The summed E-state index contributed by atoms with van der Waals surface area (Å²) in [4.78, 5) is 0. The third-order valence-electron chi connectivity index (χ3n) is 1.63. The Morgan fingerprint density at radius 3 is 0.824 bits per heavy atom. The Labute approximate surface area is 123 Å². The average molecular weight is 335 g/mol. The van der Waals surface area contributed by atoms with Crippen molar-refractivity contribution in [2.75, 3.05) is 0 Å². The molecule has 3 heteroatoms. The molecule has 0 amide bonds. The first-order valence-electron chi connectivity index (χ1n) is 5.61. The molecule has 2 nitrogen and oxygen atoms in total. The van der Waals surface area contributed by atoms with Crippen LogP contribution < -0.4 is 0 Å². The monoisotopic (exact) mass is 336 g/mol. The Kier molecular flexibility index (Phi) is 33.9. The molecular formula is C14H34O2Ru. The van der Waals surface area contributed by atoms with Crippen LogP contribution in [0.4, 0.5) is 0 Å². The summed E-state index contributed by atoms with van der Waals surface area (Å²) >= 11 is 0. The number of hydrogen-bond donors (Lipinski definition) is 2. The van der Waals surface area contributed by atoms with E-state index >= 15 is 0 Å². The van der Waals surface area contributed by atoms with E-state index < -0.39 is 0 Å². The van der Waals surface area contributed by atoms with Gasteiger partial charge >= 0.3 is 19.5 Å². The van der Waals surface area contributed by atoms with Gasteiger partial charge in [0.25, 0.3) is 0 Å². The van der Waals surface area contributed by atoms with Gasteiger partial charge in [0.2, 0.25) is 0 Å². The fourth-order valence-corrected chi connectivity index (χ4v) is 1.36. The van der Waals surface area contributed by atoms with Crippen LogP contribution in [0.15, 0.2) is 0 Å². The van der Waals surface area contributed by atoms with Gasteiger partial charge in [-0.25, -0.2) is 0 Å². The van der Waals surface area contributed by atoms with Gasteiger partial charge in [0.1, 0.15) is 0 Å². The van der Waals surface area contributed by atoms with Crippen molar-refractivity contribution in [1.29, 1.82) is 0 Å². The maximum Gasteiger partial charge on any atom is 2.00 e. The van der Waals surface area contributed by atoms with E-state index in [2.05, 4.69) is 27.7 Å². The molecule has 0 saturated carbocycles. The van der Waals surface area contributed by atoms with E-state index in [0.717, 1.165) is 12.8 Å². The fourth-order valence-electron chi connectivity index (χ4n) is 1.36. The number of hydrogen-bond acceptors (Lipinski definition) is 2. The molecule has 0 aromatic heterocycles. The van der Waals surface area contributed by atoms with Gasteiger partial charge < -0.3 is 25.1 Å². The zero-order chi connectivity index (χ0) is 11.7. The second-order valence-corrected chi connectivity index (χ2v) is 4.96. The molecule has 0 aromatic rings. The van der Waals surface area contributed by atoms with Gasteiger partial charge in [-0.3, -0.25) is 0 Å². The summed E-state index contributed by atoms with van der Waals surface area (Å²) in [5.41, 5.74) is 0. The van der Waals surface area contributed by atoms with Crippen molar-refractivity contribution in [1.82, 2.24) is 0 Å². The van der Waals surface area contributed by atoms with Gasteiger partial charge in [0, 0.05) is 0 Å². The minimum absolute atomic E-state index is 0. The predicted molar refractivity (Wildman–Crippen MR) is 75.1 cm³/mol. The number of aliphatic hydroxyl groups excluding tert-OH is 2. The van der Waals surface area contributed by atoms with Crippen molar-refractivity contribution in [3.05, 3.63) is 14.9 Å². The van der Waals surface area contributed by atoms with Crippen LogP contribution in [0.3, 0.4) is 0 Å². The summed E-state index contributed by atoms with van der Waals surface area (Å²) in [5.74, 6) is 1.25. The Morgan fingerprint density at radius 1 is 0.647 bits per heavy atom.